The van der Waals surface area contributed by atoms with Crippen LogP contribution in [0.15, 0.2) is 30.3 Å². The normalized spacial score (nSPS) is 15.5. The highest BCUT2D eigenvalue weighted by Crippen LogP contribution is 2.05. The molecule has 1 heterocycles. The zero-order valence-corrected chi connectivity index (χ0v) is 13.3. The van der Waals surface area contributed by atoms with Crippen molar-refractivity contribution in [2.45, 2.75) is 13.8 Å². The van der Waals surface area contributed by atoms with Gasteiger partial charge in [0.15, 0.2) is 0 Å². The van der Waals surface area contributed by atoms with Crippen molar-refractivity contribution in [1.82, 2.24) is 20.2 Å². The number of urea groups is 1. The smallest absolute Gasteiger partial charge is 0.320 e. The standard InChI is InChI=1S/C16H24N4O2/c1-3-18(4-2)16(22)19-10-12-20(13-11-19)17-15(21)14-8-6-5-7-9-14/h5-9H,3-4,10-13H2,1-2H3,(H,17,21). The molecule has 1 N–H and O–H groups in total. The van der Waals surface area contributed by atoms with Crippen molar-refractivity contribution in [3.05, 3.63) is 35.9 Å². The predicted octanol–water partition coefficient (Wildman–Crippen LogP) is 1.41. The average Bonchev–Trinajstić information content (AvgIpc) is 2.57. The molecule has 1 saturated heterocycles. The predicted molar refractivity (Wildman–Crippen MR) is 85.4 cm³/mol. The molecular formula is C16H24N4O2. The van der Waals surface area contributed by atoms with Gasteiger partial charge in [-0.1, -0.05) is 18.2 Å². The van der Waals surface area contributed by atoms with Crippen LogP contribution >= 0.6 is 0 Å². The Kier molecular flexibility index (Phi) is 5.77. The van der Waals surface area contributed by atoms with Gasteiger partial charge in [-0.05, 0) is 26.0 Å². The second kappa shape index (κ2) is 7.79. The Bertz CT molecular complexity index is 494. The van der Waals surface area contributed by atoms with Crippen LogP contribution in [0.5, 0.6) is 0 Å². The molecular weight excluding hydrogens is 280 g/mol. The van der Waals surface area contributed by atoms with Crippen LogP contribution in [0.2, 0.25) is 0 Å². The molecule has 6 heteroatoms. The largest absolute Gasteiger partial charge is 0.325 e. The van der Waals surface area contributed by atoms with E-state index in [1.807, 2.05) is 46.9 Å². The Morgan fingerprint density at radius 3 is 2.18 bits per heavy atom. The summed E-state index contributed by atoms with van der Waals surface area (Å²) in [7, 11) is 0. The maximum absolute atomic E-state index is 12.3. The third kappa shape index (κ3) is 3.98. The zero-order valence-electron chi connectivity index (χ0n) is 13.3. The van der Waals surface area contributed by atoms with E-state index in [-0.39, 0.29) is 11.9 Å². The lowest BCUT2D eigenvalue weighted by Gasteiger charge is -2.37. The molecule has 0 radical (unpaired) electrons. The van der Waals surface area contributed by atoms with Gasteiger partial charge in [0, 0.05) is 44.8 Å². The van der Waals surface area contributed by atoms with Crippen LogP contribution in [-0.2, 0) is 0 Å². The van der Waals surface area contributed by atoms with E-state index in [4.69, 9.17) is 0 Å². The van der Waals surface area contributed by atoms with Gasteiger partial charge >= 0.3 is 6.03 Å². The summed E-state index contributed by atoms with van der Waals surface area (Å²) >= 11 is 0. The number of nitrogens with zero attached hydrogens (tertiary/aromatic N) is 3. The second-order valence-electron chi connectivity index (χ2n) is 5.24. The lowest BCUT2D eigenvalue weighted by Crippen LogP contribution is -2.57. The summed E-state index contributed by atoms with van der Waals surface area (Å²) in [6.45, 7) is 7.96. The molecule has 6 nitrogen and oxygen atoms in total. The Labute approximate surface area is 131 Å². The Morgan fingerprint density at radius 1 is 1.05 bits per heavy atom. The minimum atomic E-state index is -0.107. The molecule has 0 bridgehead atoms. The zero-order chi connectivity index (χ0) is 15.9. The van der Waals surface area contributed by atoms with Crippen molar-refractivity contribution >= 4 is 11.9 Å². The molecule has 0 aromatic heterocycles. The average molecular weight is 304 g/mol. The van der Waals surface area contributed by atoms with Crippen molar-refractivity contribution in [3.63, 3.8) is 0 Å². The summed E-state index contributed by atoms with van der Waals surface area (Å²) in [5.41, 5.74) is 3.54. The van der Waals surface area contributed by atoms with Gasteiger partial charge in [-0.25, -0.2) is 9.80 Å². The van der Waals surface area contributed by atoms with Crippen LogP contribution in [-0.4, -0.2) is 66.0 Å². The molecule has 120 valence electrons. The number of nitrogens with one attached hydrogen (secondary N) is 1. The van der Waals surface area contributed by atoms with Gasteiger partial charge in [-0.15, -0.1) is 0 Å². The molecule has 3 amide bonds. The highest BCUT2D eigenvalue weighted by molar-refractivity contribution is 5.93. The number of carbonyl (C=O) groups excluding carboxylic acids is 2. The summed E-state index contributed by atoms with van der Waals surface area (Å²) in [6, 6.07) is 9.23. The fourth-order valence-corrected chi connectivity index (χ4v) is 2.50. The van der Waals surface area contributed by atoms with E-state index in [1.54, 1.807) is 12.1 Å². The monoisotopic (exact) mass is 304 g/mol. The Balaban J connectivity index is 1.82. The SMILES string of the molecule is CCN(CC)C(=O)N1CCN(NC(=O)c2ccccc2)CC1. The third-order valence-corrected chi connectivity index (χ3v) is 3.88. The van der Waals surface area contributed by atoms with Crippen molar-refractivity contribution in [3.8, 4) is 0 Å². The fourth-order valence-electron chi connectivity index (χ4n) is 2.50. The second-order valence-corrected chi connectivity index (χ2v) is 5.24. The van der Waals surface area contributed by atoms with Gasteiger partial charge in [0.05, 0.1) is 0 Å². The molecule has 0 spiro atoms. The number of benzene rings is 1. The molecule has 1 aliphatic heterocycles. The van der Waals surface area contributed by atoms with E-state index >= 15 is 0 Å². The lowest BCUT2D eigenvalue weighted by atomic mass is 10.2. The topological polar surface area (TPSA) is 55.9 Å². The quantitative estimate of drug-likeness (QED) is 0.915. The molecule has 1 aromatic carbocycles. The first-order valence-corrected chi connectivity index (χ1v) is 7.80. The maximum atomic E-state index is 12.3. The Morgan fingerprint density at radius 2 is 1.64 bits per heavy atom. The number of hydrazine groups is 1. The number of rotatable bonds is 4. The molecule has 0 aliphatic carbocycles. The van der Waals surface area contributed by atoms with E-state index in [0.29, 0.717) is 31.7 Å². The molecule has 1 aliphatic rings. The highest BCUT2D eigenvalue weighted by Gasteiger charge is 2.24. The minimum absolute atomic E-state index is 0.0824. The van der Waals surface area contributed by atoms with Crippen molar-refractivity contribution in [1.29, 1.82) is 0 Å². The first-order chi connectivity index (χ1) is 10.7. The summed E-state index contributed by atoms with van der Waals surface area (Å²) in [4.78, 5) is 28.0. The number of hydrogen-bond donors (Lipinski definition) is 1. The summed E-state index contributed by atoms with van der Waals surface area (Å²) in [5.74, 6) is -0.107. The number of carbonyl (C=O) groups is 2. The first-order valence-electron chi connectivity index (χ1n) is 7.80. The lowest BCUT2D eigenvalue weighted by molar-refractivity contribution is 0.0636. The van der Waals surface area contributed by atoms with Gasteiger partial charge in [-0.3, -0.25) is 10.2 Å². The van der Waals surface area contributed by atoms with E-state index in [2.05, 4.69) is 5.43 Å². The summed E-state index contributed by atoms with van der Waals surface area (Å²) < 4.78 is 0. The van der Waals surface area contributed by atoms with E-state index in [9.17, 15) is 9.59 Å². The van der Waals surface area contributed by atoms with Crippen LogP contribution in [0.1, 0.15) is 24.2 Å². The highest BCUT2D eigenvalue weighted by atomic mass is 16.2. The van der Waals surface area contributed by atoms with Crippen LogP contribution in [0.25, 0.3) is 0 Å². The molecule has 22 heavy (non-hydrogen) atoms. The minimum Gasteiger partial charge on any atom is -0.325 e. The summed E-state index contributed by atoms with van der Waals surface area (Å²) in [5, 5.41) is 1.88. The molecule has 0 atom stereocenters. The van der Waals surface area contributed by atoms with Gasteiger partial charge in [0.1, 0.15) is 0 Å². The van der Waals surface area contributed by atoms with Crippen molar-refractivity contribution < 1.29 is 9.59 Å². The Hall–Kier alpha value is -2.08. The number of amides is 3. The first kappa shape index (κ1) is 16.3. The van der Waals surface area contributed by atoms with E-state index in [1.165, 1.54) is 0 Å². The van der Waals surface area contributed by atoms with Crippen LogP contribution in [0.4, 0.5) is 4.79 Å². The maximum Gasteiger partial charge on any atom is 0.320 e. The van der Waals surface area contributed by atoms with Crippen molar-refractivity contribution in [2.75, 3.05) is 39.3 Å². The summed E-state index contributed by atoms with van der Waals surface area (Å²) in [6.07, 6.45) is 0. The van der Waals surface area contributed by atoms with Gasteiger partial charge in [-0.2, -0.15) is 0 Å². The molecule has 2 rings (SSSR count). The van der Waals surface area contributed by atoms with Crippen LogP contribution in [0.3, 0.4) is 0 Å². The van der Waals surface area contributed by atoms with Gasteiger partial charge in [0.25, 0.3) is 5.91 Å². The molecule has 0 saturated carbocycles. The number of hydrogen-bond acceptors (Lipinski definition) is 3. The van der Waals surface area contributed by atoms with Crippen molar-refractivity contribution in [2.24, 2.45) is 0 Å². The third-order valence-electron chi connectivity index (χ3n) is 3.88. The van der Waals surface area contributed by atoms with Crippen LogP contribution in [0, 0.1) is 0 Å². The van der Waals surface area contributed by atoms with E-state index in [0.717, 1.165) is 13.1 Å². The van der Waals surface area contributed by atoms with Gasteiger partial charge < -0.3 is 9.80 Å². The molecule has 1 aromatic rings. The van der Waals surface area contributed by atoms with Gasteiger partial charge in [0.2, 0.25) is 0 Å². The number of piperazine rings is 1. The fraction of sp³-hybridized carbons (Fsp3) is 0.500. The van der Waals surface area contributed by atoms with E-state index < -0.39 is 0 Å². The van der Waals surface area contributed by atoms with Crippen LogP contribution < -0.4 is 5.43 Å². The molecule has 1 fully saturated rings. The molecule has 0 unspecified atom stereocenters.